The maximum atomic E-state index is 15.2. The van der Waals surface area contributed by atoms with Gasteiger partial charge in [-0.3, -0.25) is 0 Å². The third-order valence-corrected chi connectivity index (χ3v) is 9.58. The fourth-order valence-electron chi connectivity index (χ4n) is 7.20. The zero-order valence-corrected chi connectivity index (χ0v) is 21.9. The SMILES string of the molecule is C=CC1CCC(c2ccc(C3=CCC(C4CCC(c5ccc(C(F)(F)F)c(F)c5)CC4)CC3)c(F)c2)CC1. The Labute approximate surface area is 223 Å². The molecule has 2 fully saturated rings. The lowest BCUT2D eigenvalue weighted by Gasteiger charge is -2.36. The van der Waals surface area contributed by atoms with Crippen LogP contribution in [0.1, 0.15) is 105 Å². The van der Waals surface area contributed by atoms with E-state index in [9.17, 15) is 17.6 Å². The van der Waals surface area contributed by atoms with Crippen LogP contribution in [-0.4, -0.2) is 0 Å². The van der Waals surface area contributed by atoms with Crippen molar-refractivity contribution in [3.8, 4) is 0 Å². The van der Waals surface area contributed by atoms with Crippen molar-refractivity contribution < 1.29 is 22.0 Å². The van der Waals surface area contributed by atoms with Crippen molar-refractivity contribution in [2.45, 2.75) is 88.6 Å². The van der Waals surface area contributed by atoms with Gasteiger partial charge in [-0.05, 0) is 135 Å². The molecule has 0 heterocycles. The van der Waals surface area contributed by atoms with Gasteiger partial charge in [0.1, 0.15) is 11.6 Å². The Kier molecular flexibility index (Phi) is 8.11. The molecular formula is C33H37F5. The van der Waals surface area contributed by atoms with Gasteiger partial charge in [0.15, 0.2) is 0 Å². The van der Waals surface area contributed by atoms with E-state index in [4.69, 9.17) is 0 Å². The van der Waals surface area contributed by atoms with E-state index in [0.717, 1.165) is 99.5 Å². The maximum absolute atomic E-state index is 15.2. The van der Waals surface area contributed by atoms with Crippen LogP contribution in [0.25, 0.3) is 5.57 Å². The minimum Gasteiger partial charge on any atom is -0.206 e. The normalized spacial score (nSPS) is 28.6. The number of rotatable bonds is 5. The first-order chi connectivity index (χ1) is 18.2. The lowest BCUT2D eigenvalue weighted by Crippen LogP contribution is -2.22. The van der Waals surface area contributed by atoms with Crippen molar-refractivity contribution in [1.29, 1.82) is 0 Å². The van der Waals surface area contributed by atoms with Gasteiger partial charge in [-0.1, -0.05) is 30.4 Å². The molecule has 5 heteroatoms. The van der Waals surface area contributed by atoms with Crippen molar-refractivity contribution in [3.05, 3.63) is 89.0 Å². The van der Waals surface area contributed by atoms with Gasteiger partial charge in [-0.15, -0.1) is 6.58 Å². The first-order valence-electron chi connectivity index (χ1n) is 14.2. The van der Waals surface area contributed by atoms with Crippen molar-refractivity contribution in [2.24, 2.45) is 17.8 Å². The highest BCUT2D eigenvalue weighted by molar-refractivity contribution is 5.67. The average Bonchev–Trinajstić information content (AvgIpc) is 2.92. The summed E-state index contributed by atoms with van der Waals surface area (Å²) in [6.45, 7) is 3.91. The summed E-state index contributed by atoms with van der Waals surface area (Å²) in [6.07, 6.45) is 10.6. The zero-order valence-electron chi connectivity index (χ0n) is 21.9. The van der Waals surface area contributed by atoms with Gasteiger partial charge in [-0.2, -0.15) is 13.2 Å². The van der Waals surface area contributed by atoms with Crippen molar-refractivity contribution in [1.82, 2.24) is 0 Å². The standard InChI is InChI=1S/C33H37F5/c1-2-21-3-5-24(6-4-21)27-15-17-29(31(34)19-27)26-13-11-23(12-14-26)22-7-9-25(10-8-22)28-16-18-30(32(35)20-28)33(36,37)38/h2,13,15-25H,1,3-12,14H2. The molecule has 1 atom stereocenters. The second-order valence-electron chi connectivity index (χ2n) is 11.7. The molecule has 0 amide bonds. The van der Waals surface area contributed by atoms with Crippen LogP contribution in [-0.2, 0) is 6.18 Å². The highest BCUT2D eigenvalue weighted by atomic mass is 19.4. The molecule has 0 saturated heterocycles. The highest BCUT2D eigenvalue weighted by Crippen LogP contribution is 2.45. The third kappa shape index (κ3) is 5.92. The Hall–Kier alpha value is -2.43. The molecule has 2 aromatic rings. The molecule has 0 radical (unpaired) electrons. The summed E-state index contributed by atoms with van der Waals surface area (Å²) >= 11 is 0. The van der Waals surface area contributed by atoms with E-state index in [2.05, 4.69) is 24.8 Å². The number of hydrogen-bond acceptors (Lipinski definition) is 0. The quantitative estimate of drug-likeness (QED) is 0.267. The predicted octanol–water partition coefficient (Wildman–Crippen LogP) is 10.6. The van der Waals surface area contributed by atoms with Crippen molar-refractivity contribution in [2.75, 3.05) is 0 Å². The van der Waals surface area contributed by atoms with Gasteiger partial charge < -0.3 is 0 Å². The number of benzene rings is 2. The number of hydrogen-bond donors (Lipinski definition) is 0. The topological polar surface area (TPSA) is 0 Å². The molecule has 0 bridgehead atoms. The molecular weight excluding hydrogens is 491 g/mol. The minimum atomic E-state index is -4.66. The van der Waals surface area contributed by atoms with Gasteiger partial charge >= 0.3 is 6.18 Å². The Morgan fingerprint density at radius 2 is 1.32 bits per heavy atom. The minimum absolute atomic E-state index is 0.108. The Morgan fingerprint density at radius 3 is 1.84 bits per heavy atom. The van der Waals surface area contributed by atoms with Gasteiger partial charge in [0.2, 0.25) is 0 Å². The summed E-state index contributed by atoms with van der Waals surface area (Å²) in [5.74, 6) is 0.960. The van der Waals surface area contributed by atoms with Crippen LogP contribution in [0.3, 0.4) is 0 Å². The molecule has 0 aliphatic heterocycles. The smallest absolute Gasteiger partial charge is 0.206 e. The monoisotopic (exact) mass is 528 g/mol. The molecule has 204 valence electrons. The van der Waals surface area contributed by atoms with Crippen LogP contribution in [0, 0.1) is 29.4 Å². The van der Waals surface area contributed by atoms with Crippen LogP contribution in [0.5, 0.6) is 0 Å². The van der Waals surface area contributed by atoms with E-state index in [0.29, 0.717) is 29.2 Å². The molecule has 3 aliphatic carbocycles. The Balaban J connectivity index is 1.16. The van der Waals surface area contributed by atoms with E-state index >= 15 is 4.39 Å². The van der Waals surface area contributed by atoms with Gasteiger partial charge in [-0.25, -0.2) is 8.78 Å². The van der Waals surface area contributed by atoms with Crippen LogP contribution >= 0.6 is 0 Å². The van der Waals surface area contributed by atoms with Crippen molar-refractivity contribution >= 4 is 5.57 Å². The molecule has 0 aromatic heterocycles. The molecule has 3 aliphatic rings. The molecule has 5 rings (SSSR count). The van der Waals surface area contributed by atoms with E-state index in [1.165, 1.54) is 6.07 Å². The Bertz CT molecular complexity index is 1160. The van der Waals surface area contributed by atoms with E-state index in [-0.39, 0.29) is 11.7 Å². The zero-order chi connectivity index (χ0) is 26.9. The molecule has 0 N–H and O–H groups in total. The predicted molar refractivity (Wildman–Crippen MR) is 143 cm³/mol. The molecule has 1 unspecified atom stereocenters. The fourth-order valence-corrected chi connectivity index (χ4v) is 7.20. The van der Waals surface area contributed by atoms with Gasteiger partial charge in [0.05, 0.1) is 5.56 Å². The summed E-state index contributed by atoms with van der Waals surface area (Å²) in [4.78, 5) is 0. The summed E-state index contributed by atoms with van der Waals surface area (Å²) in [6, 6.07) is 9.25. The van der Waals surface area contributed by atoms with Crippen LogP contribution in [0.15, 0.2) is 55.1 Å². The summed E-state index contributed by atoms with van der Waals surface area (Å²) < 4.78 is 67.9. The number of alkyl halides is 3. The second kappa shape index (κ2) is 11.4. The van der Waals surface area contributed by atoms with E-state index < -0.39 is 17.6 Å². The summed E-state index contributed by atoms with van der Waals surface area (Å²) in [7, 11) is 0. The lowest BCUT2D eigenvalue weighted by atomic mass is 9.70. The average molecular weight is 529 g/mol. The molecule has 2 aromatic carbocycles. The van der Waals surface area contributed by atoms with Crippen molar-refractivity contribution in [3.63, 3.8) is 0 Å². The molecule has 0 spiro atoms. The van der Waals surface area contributed by atoms with E-state index in [1.807, 2.05) is 6.07 Å². The van der Waals surface area contributed by atoms with Crippen LogP contribution in [0.4, 0.5) is 22.0 Å². The fraction of sp³-hybridized carbons (Fsp3) is 0.515. The second-order valence-corrected chi connectivity index (χ2v) is 11.7. The van der Waals surface area contributed by atoms with Crippen LogP contribution in [0.2, 0.25) is 0 Å². The van der Waals surface area contributed by atoms with E-state index in [1.54, 1.807) is 6.07 Å². The highest BCUT2D eigenvalue weighted by Gasteiger charge is 2.35. The first kappa shape index (κ1) is 27.1. The summed E-state index contributed by atoms with van der Waals surface area (Å²) in [5, 5.41) is 0. The first-order valence-corrected chi connectivity index (χ1v) is 14.2. The molecule has 38 heavy (non-hydrogen) atoms. The lowest BCUT2D eigenvalue weighted by molar-refractivity contribution is -0.140. The number of allylic oxidation sites excluding steroid dienone is 3. The van der Waals surface area contributed by atoms with Crippen LogP contribution < -0.4 is 0 Å². The van der Waals surface area contributed by atoms with Gasteiger partial charge in [0.25, 0.3) is 0 Å². The Morgan fingerprint density at radius 1 is 0.711 bits per heavy atom. The maximum Gasteiger partial charge on any atom is 0.419 e. The third-order valence-electron chi connectivity index (χ3n) is 9.58. The largest absolute Gasteiger partial charge is 0.419 e. The molecule has 2 saturated carbocycles. The van der Waals surface area contributed by atoms with Gasteiger partial charge in [0, 0.05) is 5.56 Å². The molecule has 0 nitrogen and oxygen atoms in total. The number of halogens is 5. The summed E-state index contributed by atoms with van der Waals surface area (Å²) in [5.41, 5.74) is 2.44.